The first-order valence-corrected chi connectivity index (χ1v) is 10.1. The summed E-state index contributed by atoms with van der Waals surface area (Å²) in [5, 5.41) is 3.34. The van der Waals surface area contributed by atoms with Crippen molar-refractivity contribution < 1.29 is 9.18 Å². The van der Waals surface area contributed by atoms with Gasteiger partial charge in [0.25, 0.3) is 5.91 Å². The minimum atomic E-state index is -0.314. The molecule has 3 aromatic carbocycles. The predicted molar refractivity (Wildman–Crippen MR) is 120 cm³/mol. The van der Waals surface area contributed by atoms with Gasteiger partial charge in [0.15, 0.2) is 0 Å². The fourth-order valence-electron chi connectivity index (χ4n) is 3.81. The second-order valence-electron chi connectivity index (χ2n) is 7.99. The molecule has 1 heterocycles. The van der Waals surface area contributed by atoms with Crippen LogP contribution in [0.15, 0.2) is 72.4 Å². The van der Waals surface area contributed by atoms with Crippen molar-refractivity contribution in [2.45, 2.75) is 33.7 Å². The molecule has 1 aliphatic rings. The molecule has 4 rings (SSSR count). The summed E-state index contributed by atoms with van der Waals surface area (Å²) < 4.78 is 13.5. The highest BCUT2D eigenvalue weighted by Gasteiger charge is 2.35. The Bertz CT molecular complexity index is 1150. The number of amides is 1. The number of hydrogen-bond acceptors (Lipinski definition) is 2. The molecular formula is C26H25FN2O. The van der Waals surface area contributed by atoms with Gasteiger partial charge in [0.05, 0.1) is 6.04 Å². The fourth-order valence-corrected chi connectivity index (χ4v) is 3.81. The summed E-state index contributed by atoms with van der Waals surface area (Å²) in [6, 6.07) is 18.3. The highest BCUT2D eigenvalue weighted by molar-refractivity contribution is 6.11. The van der Waals surface area contributed by atoms with Crippen LogP contribution in [0, 0.1) is 33.5 Å². The second kappa shape index (κ2) is 7.79. The lowest BCUT2D eigenvalue weighted by atomic mass is 10.0. The Morgan fingerprint density at radius 3 is 2.17 bits per heavy atom. The van der Waals surface area contributed by atoms with Gasteiger partial charge in [-0.25, -0.2) is 4.39 Å². The summed E-state index contributed by atoms with van der Waals surface area (Å²) in [6.45, 7) is 8.06. The lowest BCUT2D eigenvalue weighted by molar-refractivity contribution is -0.114. The number of halogens is 1. The topological polar surface area (TPSA) is 32.3 Å². The van der Waals surface area contributed by atoms with Crippen molar-refractivity contribution >= 4 is 17.3 Å². The van der Waals surface area contributed by atoms with E-state index >= 15 is 0 Å². The largest absolute Gasteiger partial charge is 0.351 e. The first-order chi connectivity index (χ1) is 14.3. The molecule has 0 saturated carbocycles. The van der Waals surface area contributed by atoms with E-state index in [1.165, 1.54) is 12.1 Å². The molecule has 0 aliphatic carbocycles. The van der Waals surface area contributed by atoms with Gasteiger partial charge in [-0.3, -0.25) is 9.69 Å². The number of benzene rings is 3. The molecule has 0 unspecified atom stereocenters. The van der Waals surface area contributed by atoms with E-state index in [1.54, 1.807) is 17.0 Å². The van der Waals surface area contributed by atoms with Crippen molar-refractivity contribution in [1.82, 2.24) is 0 Å². The van der Waals surface area contributed by atoms with Crippen molar-refractivity contribution in [2.24, 2.45) is 0 Å². The van der Waals surface area contributed by atoms with E-state index < -0.39 is 0 Å². The summed E-state index contributed by atoms with van der Waals surface area (Å²) in [7, 11) is 0. The van der Waals surface area contributed by atoms with E-state index in [2.05, 4.69) is 11.4 Å². The third-order valence-corrected chi connectivity index (χ3v) is 5.55. The number of hydrogen-bond donors (Lipinski definition) is 1. The minimum Gasteiger partial charge on any atom is -0.351 e. The molecule has 0 fully saturated rings. The van der Waals surface area contributed by atoms with Gasteiger partial charge in [0.1, 0.15) is 11.5 Å². The number of nitrogens with zero attached hydrogens (tertiary/aromatic N) is 1. The Morgan fingerprint density at radius 2 is 1.47 bits per heavy atom. The highest BCUT2D eigenvalue weighted by atomic mass is 19.1. The lowest BCUT2D eigenvalue weighted by Gasteiger charge is -2.27. The fraction of sp³-hybridized carbons (Fsp3) is 0.192. The molecule has 1 amide bonds. The van der Waals surface area contributed by atoms with E-state index in [0.29, 0.717) is 5.70 Å². The van der Waals surface area contributed by atoms with Crippen LogP contribution in [0.4, 0.5) is 15.8 Å². The number of aryl methyl sites for hydroxylation is 4. The first-order valence-electron chi connectivity index (χ1n) is 10.1. The zero-order valence-electron chi connectivity index (χ0n) is 17.7. The van der Waals surface area contributed by atoms with E-state index in [9.17, 15) is 9.18 Å². The van der Waals surface area contributed by atoms with Gasteiger partial charge in [-0.15, -0.1) is 0 Å². The van der Waals surface area contributed by atoms with E-state index in [-0.39, 0.29) is 17.8 Å². The molecule has 0 aromatic heterocycles. The number of carbonyl (C=O) groups is 1. The van der Waals surface area contributed by atoms with Crippen LogP contribution in [0.3, 0.4) is 0 Å². The van der Waals surface area contributed by atoms with E-state index in [4.69, 9.17) is 0 Å². The minimum absolute atomic E-state index is 0.0982. The van der Waals surface area contributed by atoms with Crippen LogP contribution in [0.1, 0.15) is 33.9 Å². The van der Waals surface area contributed by atoms with Crippen LogP contribution in [-0.4, -0.2) is 5.91 Å². The summed E-state index contributed by atoms with van der Waals surface area (Å²) in [5.74, 6) is -0.391. The van der Waals surface area contributed by atoms with Gasteiger partial charge in [0.2, 0.25) is 0 Å². The summed E-state index contributed by atoms with van der Waals surface area (Å²) in [6.07, 6.45) is 1.93. The van der Waals surface area contributed by atoms with E-state index in [0.717, 1.165) is 39.2 Å². The van der Waals surface area contributed by atoms with Gasteiger partial charge >= 0.3 is 0 Å². The van der Waals surface area contributed by atoms with Crippen LogP contribution in [0.25, 0.3) is 0 Å². The maximum Gasteiger partial charge on any atom is 0.275 e. The van der Waals surface area contributed by atoms with Gasteiger partial charge in [-0.05, 0) is 85.9 Å². The molecule has 0 saturated heterocycles. The van der Waals surface area contributed by atoms with Crippen LogP contribution < -0.4 is 10.2 Å². The van der Waals surface area contributed by atoms with Crippen LogP contribution in [-0.2, 0) is 4.79 Å². The summed E-state index contributed by atoms with van der Waals surface area (Å²) in [4.78, 5) is 15.3. The second-order valence-corrected chi connectivity index (χ2v) is 7.99. The molecular weight excluding hydrogens is 375 g/mol. The third kappa shape index (κ3) is 3.73. The number of rotatable bonds is 4. The number of carbonyl (C=O) groups excluding carboxylic acids is 1. The van der Waals surface area contributed by atoms with Gasteiger partial charge < -0.3 is 5.32 Å². The van der Waals surface area contributed by atoms with Gasteiger partial charge in [-0.1, -0.05) is 36.4 Å². The number of anilines is 2. The summed E-state index contributed by atoms with van der Waals surface area (Å²) in [5.41, 5.74) is 7.45. The molecule has 152 valence electrons. The van der Waals surface area contributed by atoms with Crippen LogP contribution >= 0.6 is 0 Å². The number of nitrogens with one attached hydrogen (secondary N) is 1. The smallest absolute Gasteiger partial charge is 0.275 e. The third-order valence-electron chi connectivity index (χ3n) is 5.55. The van der Waals surface area contributed by atoms with Crippen LogP contribution in [0.5, 0.6) is 0 Å². The van der Waals surface area contributed by atoms with Gasteiger partial charge in [0, 0.05) is 11.4 Å². The molecule has 30 heavy (non-hydrogen) atoms. The van der Waals surface area contributed by atoms with E-state index in [1.807, 2.05) is 64.1 Å². The Labute approximate surface area is 176 Å². The van der Waals surface area contributed by atoms with Crippen molar-refractivity contribution in [3.05, 3.63) is 106 Å². The molecule has 0 radical (unpaired) electrons. The maximum absolute atomic E-state index is 13.5. The molecule has 0 spiro atoms. The molecule has 1 aliphatic heterocycles. The average Bonchev–Trinajstić information content (AvgIpc) is 3.03. The zero-order valence-corrected chi connectivity index (χ0v) is 17.7. The molecule has 4 heteroatoms. The average molecular weight is 400 g/mol. The highest BCUT2D eigenvalue weighted by Crippen LogP contribution is 2.38. The predicted octanol–water partition coefficient (Wildman–Crippen LogP) is 6.14. The standard InChI is InChI=1S/C26H25FN2O/c1-16-5-7-18(3)22(13-16)28-23-15-25(20-9-11-21(27)12-10-20)29(26(23)30)24-14-17(2)6-8-19(24)4/h5-15,25,28H,1-4H3/t25-/m0/s1. The normalized spacial score (nSPS) is 16.0. The van der Waals surface area contributed by atoms with Crippen LogP contribution in [0.2, 0.25) is 0 Å². The van der Waals surface area contributed by atoms with Crippen molar-refractivity contribution in [3.8, 4) is 0 Å². The molecule has 1 N–H and O–H groups in total. The monoisotopic (exact) mass is 400 g/mol. The SMILES string of the molecule is Cc1ccc(C)c(NC2=C[C@@H](c3ccc(F)cc3)N(c3cc(C)ccc3C)C2=O)c1. The quantitative estimate of drug-likeness (QED) is 0.570. The molecule has 3 aromatic rings. The Morgan fingerprint density at radius 1 is 0.833 bits per heavy atom. The Kier molecular flexibility index (Phi) is 5.17. The zero-order chi connectivity index (χ0) is 21.4. The lowest BCUT2D eigenvalue weighted by Crippen LogP contribution is -2.31. The maximum atomic E-state index is 13.5. The van der Waals surface area contributed by atoms with Crippen molar-refractivity contribution in [1.29, 1.82) is 0 Å². The molecule has 1 atom stereocenters. The Hall–Kier alpha value is -3.40. The summed E-state index contributed by atoms with van der Waals surface area (Å²) >= 11 is 0. The van der Waals surface area contributed by atoms with Gasteiger partial charge in [-0.2, -0.15) is 0 Å². The van der Waals surface area contributed by atoms with Crippen molar-refractivity contribution in [3.63, 3.8) is 0 Å². The molecule has 0 bridgehead atoms. The first kappa shape index (κ1) is 19.9. The molecule has 3 nitrogen and oxygen atoms in total. The van der Waals surface area contributed by atoms with Crippen molar-refractivity contribution in [2.75, 3.05) is 10.2 Å². The Balaban J connectivity index is 1.79.